The van der Waals surface area contributed by atoms with Gasteiger partial charge in [0.1, 0.15) is 6.29 Å². The Kier molecular flexibility index (Phi) is 5.10. The van der Waals surface area contributed by atoms with Gasteiger partial charge in [-0.25, -0.2) is 0 Å². The molecule has 0 aliphatic rings. The standard InChI is InChI=1S/C12H11N3O3/c1-2-18-11-7-9(8-16)6-10(12(11)17)4-3-5-14-15-13/h6-8,17H,2,5H2,1H3. The van der Waals surface area contributed by atoms with Crippen LogP contribution >= 0.6 is 0 Å². The number of hydrogen-bond donors (Lipinski definition) is 1. The average molecular weight is 245 g/mol. The number of benzene rings is 1. The van der Waals surface area contributed by atoms with Gasteiger partial charge in [-0.05, 0) is 24.6 Å². The Morgan fingerprint density at radius 3 is 3.00 bits per heavy atom. The number of phenols is 1. The van der Waals surface area contributed by atoms with E-state index in [0.29, 0.717) is 18.5 Å². The van der Waals surface area contributed by atoms with E-state index in [4.69, 9.17) is 10.3 Å². The Balaban J connectivity index is 3.15. The zero-order chi connectivity index (χ0) is 13.4. The summed E-state index contributed by atoms with van der Waals surface area (Å²) in [5.74, 6) is 5.25. The number of azide groups is 1. The van der Waals surface area contributed by atoms with Crippen molar-refractivity contribution in [2.24, 2.45) is 5.11 Å². The Morgan fingerprint density at radius 2 is 2.39 bits per heavy atom. The highest BCUT2D eigenvalue weighted by Crippen LogP contribution is 2.30. The summed E-state index contributed by atoms with van der Waals surface area (Å²) in [5.41, 5.74) is 8.70. The number of carbonyl (C=O) groups excluding carboxylic acids is 1. The number of aromatic hydroxyl groups is 1. The summed E-state index contributed by atoms with van der Waals surface area (Å²) in [6, 6.07) is 2.87. The molecule has 1 aromatic carbocycles. The van der Waals surface area contributed by atoms with Crippen molar-refractivity contribution in [1.29, 1.82) is 0 Å². The lowest BCUT2D eigenvalue weighted by atomic mass is 10.1. The number of rotatable bonds is 4. The number of carbonyl (C=O) groups is 1. The largest absolute Gasteiger partial charge is 0.503 e. The van der Waals surface area contributed by atoms with Crippen molar-refractivity contribution in [3.63, 3.8) is 0 Å². The van der Waals surface area contributed by atoms with Crippen LogP contribution in [0.4, 0.5) is 0 Å². The first-order chi connectivity index (χ1) is 8.72. The third-order valence-electron chi connectivity index (χ3n) is 1.97. The second-order valence-electron chi connectivity index (χ2n) is 3.16. The third kappa shape index (κ3) is 3.44. The van der Waals surface area contributed by atoms with Gasteiger partial charge >= 0.3 is 0 Å². The molecule has 6 nitrogen and oxygen atoms in total. The second kappa shape index (κ2) is 6.84. The smallest absolute Gasteiger partial charge is 0.173 e. The lowest BCUT2D eigenvalue weighted by molar-refractivity contribution is 0.112. The molecule has 0 aliphatic carbocycles. The Bertz CT molecular complexity index is 552. The lowest BCUT2D eigenvalue weighted by Crippen LogP contribution is -1.95. The summed E-state index contributed by atoms with van der Waals surface area (Å²) >= 11 is 0. The van der Waals surface area contributed by atoms with Crippen molar-refractivity contribution in [2.75, 3.05) is 13.2 Å². The molecule has 0 saturated carbocycles. The molecule has 0 saturated heterocycles. The molecule has 0 spiro atoms. The maximum Gasteiger partial charge on any atom is 0.173 e. The number of ether oxygens (including phenoxy) is 1. The Labute approximate surface area is 104 Å². The maximum atomic E-state index is 10.8. The molecule has 6 heteroatoms. The SMILES string of the molecule is CCOc1cc(C=O)cc(C#CCN=[N+]=[N-])c1O. The van der Waals surface area contributed by atoms with Gasteiger partial charge in [-0.3, -0.25) is 4.79 Å². The summed E-state index contributed by atoms with van der Waals surface area (Å²) in [5, 5.41) is 13.1. The third-order valence-corrected chi connectivity index (χ3v) is 1.97. The molecule has 0 atom stereocenters. The van der Waals surface area contributed by atoms with E-state index in [1.807, 2.05) is 0 Å². The van der Waals surface area contributed by atoms with Crippen LogP contribution in [-0.4, -0.2) is 24.5 Å². The first-order valence-corrected chi connectivity index (χ1v) is 5.17. The predicted molar refractivity (Wildman–Crippen MR) is 65.6 cm³/mol. The lowest BCUT2D eigenvalue weighted by Gasteiger charge is -2.07. The van der Waals surface area contributed by atoms with Crippen molar-refractivity contribution in [1.82, 2.24) is 0 Å². The van der Waals surface area contributed by atoms with Crippen LogP contribution < -0.4 is 4.74 Å². The Morgan fingerprint density at radius 1 is 1.61 bits per heavy atom. The fraction of sp³-hybridized carbons (Fsp3) is 0.250. The number of phenolic OH excluding ortho intramolecular Hbond substituents is 1. The first kappa shape index (κ1) is 13.4. The number of hydrogen-bond acceptors (Lipinski definition) is 4. The van der Waals surface area contributed by atoms with E-state index in [1.54, 1.807) is 6.92 Å². The molecule has 1 N–H and O–H groups in total. The highest BCUT2D eigenvalue weighted by atomic mass is 16.5. The van der Waals surface area contributed by atoms with Gasteiger partial charge in [-0.1, -0.05) is 17.0 Å². The van der Waals surface area contributed by atoms with E-state index in [0.717, 1.165) is 0 Å². The van der Waals surface area contributed by atoms with Gasteiger partial charge in [0.25, 0.3) is 0 Å². The van der Waals surface area contributed by atoms with Crippen LogP contribution in [0.5, 0.6) is 11.5 Å². The van der Waals surface area contributed by atoms with Crippen molar-refractivity contribution in [3.05, 3.63) is 33.7 Å². The minimum Gasteiger partial charge on any atom is -0.503 e. The molecule has 0 aliphatic heterocycles. The molecule has 0 amide bonds. The molecular weight excluding hydrogens is 234 g/mol. The quantitative estimate of drug-likeness (QED) is 0.290. The van der Waals surface area contributed by atoms with E-state index >= 15 is 0 Å². The van der Waals surface area contributed by atoms with Gasteiger partial charge in [0.2, 0.25) is 0 Å². The summed E-state index contributed by atoms with van der Waals surface area (Å²) in [7, 11) is 0. The van der Waals surface area contributed by atoms with E-state index in [-0.39, 0.29) is 23.6 Å². The maximum absolute atomic E-state index is 10.8. The van der Waals surface area contributed by atoms with Crippen molar-refractivity contribution >= 4 is 6.29 Å². The van der Waals surface area contributed by atoms with E-state index in [9.17, 15) is 9.90 Å². The fourth-order valence-corrected chi connectivity index (χ4v) is 1.26. The van der Waals surface area contributed by atoms with Crippen LogP contribution in [0, 0.1) is 11.8 Å². The van der Waals surface area contributed by atoms with Crippen LogP contribution in [0.1, 0.15) is 22.8 Å². The highest BCUT2D eigenvalue weighted by molar-refractivity contribution is 5.78. The average Bonchev–Trinajstić information content (AvgIpc) is 2.38. The molecule has 1 rings (SSSR count). The van der Waals surface area contributed by atoms with Crippen molar-refractivity contribution in [2.45, 2.75) is 6.92 Å². The summed E-state index contributed by atoms with van der Waals surface area (Å²) < 4.78 is 5.19. The number of aldehydes is 1. The topological polar surface area (TPSA) is 95.3 Å². The van der Waals surface area contributed by atoms with Gasteiger partial charge in [0, 0.05) is 10.5 Å². The van der Waals surface area contributed by atoms with Gasteiger partial charge < -0.3 is 9.84 Å². The van der Waals surface area contributed by atoms with E-state index in [1.165, 1.54) is 12.1 Å². The molecule has 0 bridgehead atoms. The van der Waals surface area contributed by atoms with Gasteiger partial charge in [-0.15, -0.1) is 0 Å². The molecule has 0 aromatic heterocycles. The van der Waals surface area contributed by atoms with E-state index in [2.05, 4.69) is 21.9 Å². The summed E-state index contributed by atoms with van der Waals surface area (Å²) in [4.78, 5) is 13.3. The summed E-state index contributed by atoms with van der Waals surface area (Å²) in [6.07, 6.45) is 0.639. The van der Waals surface area contributed by atoms with E-state index < -0.39 is 0 Å². The minimum atomic E-state index is -0.129. The van der Waals surface area contributed by atoms with Crippen LogP contribution in [0.3, 0.4) is 0 Å². The molecule has 0 heterocycles. The monoisotopic (exact) mass is 245 g/mol. The molecule has 18 heavy (non-hydrogen) atoms. The van der Waals surface area contributed by atoms with Gasteiger partial charge in [0.15, 0.2) is 11.5 Å². The zero-order valence-corrected chi connectivity index (χ0v) is 9.75. The van der Waals surface area contributed by atoms with Crippen molar-refractivity contribution < 1.29 is 14.6 Å². The number of nitrogens with zero attached hydrogens (tertiary/aromatic N) is 3. The normalized spacial score (nSPS) is 8.72. The molecule has 1 aromatic rings. The van der Waals surface area contributed by atoms with Gasteiger partial charge in [0.05, 0.1) is 18.7 Å². The predicted octanol–water partition coefficient (Wildman–Crippen LogP) is 2.27. The van der Waals surface area contributed by atoms with Crippen LogP contribution in [0.25, 0.3) is 10.4 Å². The molecule has 0 fully saturated rings. The Hall–Kier alpha value is -2.64. The van der Waals surface area contributed by atoms with Crippen molar-refractivity contribution in [3.8, 4) is 23.3 Å². The fourth-order valence-electron chi connectivity index (χ4n) is 1.26. The van der Waals surface area contributed by atoms with Gasteiger partial charge in [-0.2, -0.15) is 0 Å². The molecular formula is C12H11N3O3. The zero-order valence-electron chi connectivity index (χ0n) is 9.75. The minimum absolute atomic E-state index is 0.00871. The first-order valence-electron chi connectivity index (χ1n) is 5.17. The second-order valence-corrected chi connectivity index (χ2v) is 3.16. The van der Waals surface area contributed by atoms with Crippen LogP contribution in [-0.2, 0) is 0 Å². The summed E-state index contributed by atoms with van der Waals surface area (Å²) in [6.45, 7) is 2.12. The van der Waals surface area contributed by atoms with Crippen LogP contribution in [0.15, 0.2) is 17.2 Å². The molecule has 0 unspecified atom stereocenters. The van der Waals surface area contributed by atoms with Crippen LogP contribution in [0.2, 0.25) is 0 Å². The molecule has 0 radical (unpaired) electrons. The molecule has 92 valence electrons. The highest BCUT2D eigenvalue weighted by Gasteiger charge is 2.09.